The molecule has 9 aromatic carbocycles. The number of rotatable bonds is 5. The van der Waals surface area contributed by atoms with E-state index in [2.05, 4.69) is 203 Å². The van der Waals surface area contributed by atoms with Gasteiger partial charge in [0, 0.05) is 73.3 Å². The molecule has 0 atom stereocenters. The second-order valence-electron chi connectivity index (χ2n) is 15.2. The van der Waals surface area contributed by atoms with Gasteiger partial charge in [0.25, 0.3) is 0 Å². The molecular formula is C56H38N2S2. The van der Waals surface area contributed by atoms with Gasteiger partial charge in [-0.2, -0.15) is 0 Å². The van der Waals surface area contributed by atoms with Crippen molar-refractivity contribution in [2.24, 2.45) is 0 Å². The zero-order valence-electron chi connectivity index (χ0n) is 33.2. The number of thiophene rings is 2. The van der Waals surface area contributed by atoms with Gasteiger partial charge in [0.2, 0.25) is 0 Å². The van der Waals surface area contributed by atoms with E-state index in [1.165, 1.54) is 101 Å². The summed E-state index contributed by atoms with van der Waals surface area (Å²) < 4.78 is 7.80. The van der Waals surface area contributed by atoms with Crippen LogP contribution < -0.4 is 4.90 Å². The Balaban J connectivity index is 0.00000191. The largest absolute Gasteiger partial charge is 0.308 e. The number of para-hydroxylation sites is 3. The van der Waals surface area contributed by atoms with Gasteiger partial charge in [-0.1, -0.05) is 141 Å². The molecule has 0 aliphatic heterocycles. The lowest BCUT2D eigenvalue weighted by Gasteiger charge is -2.27. The predicted octanol–water partition coefficient (Wildman–Crippen LogP) is 17.4. The van der Waals surface area contributed by atoms with E-state index in [1.54, 1.807) is 0 Å². The Morgan fingerprint density at radius 2 is 0.883 bits per heavy atom. The van der Waals surface area contributed by atoms with E-state index in [0.29, 0.717) is 0 Å². The van der Waals surface area contributed by atoms with Crippen molar-refractivity contribution < 1.29 is 0 Å². The summed E-state index contributed by atoms with van der Waals surface area (Å²) in [5, 5.41) is 10.4. The molecule has 0 saturated carbocycles. The van der Waals surface area contributed by atoms with Crippen LogP contribution >= 0.6 is 22.7 Å². The Labute approximate surface area is 355 Å². The van der Waals surface area contributed by atoms with Gasteiger partial charge in [-0.05, 0) is 89.0 Å². The molecule has 0 bridgehead atoms. The van der Waals surface area contributed by atoms with Gasteiger partial charge >= 0.3 is 0 Å². The Hall–Kier alpha value is -6.98. The molecule has 0 unspecified atom stereocenters. The number of anilines is 3. The molecular weight excluding hydrogens is 765 g/mol. The van der Waals surface area contributed by atoms with Gasteiger partial charge in [0.15, 0.2) is 0 Å². The maximum absolute atomic E-state index is 2.50. The summed E-state index contributed by atoms with van der Waals surface area (Å²) >= 11 is 3.73. The number of nitrogens with zero attached hydrogens (tertiary/aromatic N) is 2. The average Bonchev–Trinajstić information content (AvgIpc) is 4.07. The van der Waals surface area contributed by atoms with Crippen molar-refractivity contribution >= 4 is 118 Å². The molecule has 4 aromatic heterocycles. The van der Waals surface area contributed by atoms with Gasteiger partial charge < -0.3 is 9.30 Å². The van der Waals surface area contributed by atoms with E-state index in [1.807, 2.05) is 36.5 Å². The Morgan fingerprint density at radius 1 is 0.367 bits per heavy atom. The van der Waals surface area contributed by atoms with Crippen molar-refractivity contribution in [2.75, 3.05) is 4.90 Å². The molecule has 0 aliphatic rings. The number of fused-ring (bicyclic) bond motifs is 12. The van der Waals surface area contributed by atoms with E-state index >= 15 is 0 Å². The molecule has 4 heterocycles. The summed E-state index contributed by atoms with van der Waals surface area (Å²) in [5.41, 5.74) is 12.0. The summed E-state index contributed by atoms with van der Waals surface area (Å²) in [5.74, 6) is 0. The van der Waals surface area contributed by atoms with Gasteiger partial charge in [-0.15, -0.1) is 22.7 Å². The topological polar surface area (TPSA) is 7.65 Å². The van der Waals surface area contributed by atoms with Crippen LogP contribution in [0.5, 0.6) is 0 Å². The molecule has 0 N–H and O–H groups in total. The van der Waals surface area contributed by atoms with E-state index in [4.69, 9.17) is 0 Å². The first-order valence-corrected chi connectivity index (χ1v) is 22.4. The summed E-state index contributed by atoms with van der Waals surface area (Å²) in [7, 11) is 0. The van der Waals surface area contributed by atoms with Crippen molar-refractivity contribution in [3.05, 3.63) is 194 Å². The maximum Gasteiger partial charge on any atom is 0.0782 e. The molecule has 2 nitrogen and oxygen atoms in total. The van der Waals surface area contributed by atoms with Crippen LogP contribution in [0.15, 0.2) is 194 Å². The van der Waals surface area contributed by atoms with Crippen LogP contribution in [0.1, 0.15) is 13.8 Å². The molecule has 0 radical (unpaired) electrons. The molecule has 4 heteroatoms. The second kappa shape index (κ2) is 13.8. The SMILES string of the molecule is CC.c1ccc2c(c1)sc1ccc(-c3ccc(N(c4ccc(-c5cccc6sc7ccccc7c56)cc4)c4cccc5c6cccc7c8ccccc8n(c45)c76)cc3)cc12. The molecule has 0 fully saturated rings. The average molecular weight is 803 g/mol. The number of aromatic nitrogens is 1. The zero-order chi connectivity index (χ0) is 39.9. The lowest BCUT2D eigenvalue weighted by molar-refractivity contribution is 1.27. The third-order valence-electron chi connectivity index (χ3n) is 12.1. The van der Waals surface area contributed by atoms with Gasteiger partial charge in [-0.3, -0.25) is 0 Å². The zero-order valence-corrected chi connectivity index (χ0v) is 34.8. The Morgan fingerprint density at radius 3 is 1.65 bits per heavy atom. The van der Waals surface area contributed by atoms with E-state index in [0.717, 1.165) is 17.1 Å². The highest BCUT2D eigenvalue weighted by atomic mass is 32.1. The molecule has 13 aromatic rings. The highest BCUT2D eigenvalue weighted by Gasteiger charge is 2.23. The van der Waals surface area contributed by atoms with E-state index in [9.17, 15) is 0 Å². The van der Waals surface area contributed by atoms with Crippen molar-refractivity contribution in [3.8, 4) is 22.3 Å². The van der Waals surface area contributed by atoms with Crippen LogP contribution in [0.25, 0.3) is 101 Å². The molecule has 13 rings (SSSR count). The number of benzene rings is 9. The van der Waals surface area contributed by atoms with Crippen molar-refractivity contribution in [1.29, 1.82) is 0 Å². The summed E-state index contributed by atoms with van der Waals surface area (Å²) in [6, 6.07) is 71.9. The summed E-state index contributed by atoms with van der Waals surface area (Å²) in [6.45, 7) is 4.00. The predicted molar refractivity (Wildman–Crippen MR) is 264 cm³/mol. The lowest BCUT2D eigenvalue weighted by atomic mass is 9.99. The van der Waals surface area contributed by atoms with Crippen LogP contribution in [0.4, 0.5) is 17.1 Å². The van der Waals surface area contributed by atoms with Crippen LogP contribution in [0.3, 0.4) is 0 Å². The normalized spacial score (nSPS) is 11.8. The fourth-order valence-electron chi connectivity index (χ4n) is 9.57. The Bertz CT molecular complexity index is 3740. The third kappa shape index (κ3) is 5.18. The van der Waals surface area contributed by atoms with Crippen LogP contribution in [0, 0.1) is 0 Å². The minimum atomic E-state index is 1.11. The number of hydrogen-bond acceptors (Lipinski definition) is 3. The highest BCUT2D eigenvalue weighted by molar-refractivity contribution is 7.26. The summed E-state index contributed by atoms with van der Waals surface area (Å²) in [4.78, 5) is 2.45. The van der Waals surface area contributed by atoms with Gasteiger partial charge in [0.1, 0.15) is 0 Å². The quantitative estimate of drug-likeness (QED) is 0.168. The minimum absolute atomic E-state index is 1.11. The first-order valence-electron chi connectivity index (χ1n) is 20.8. The fourth-order valence-corrected chi connectivity index (χ4v) is 11.8. The van der Waals surface area contributed by atoms with Crippen LogP contribution in [-0.2, 0) is 0 Å². The monoisotopic (exact) mass is 802 g/mol. The van der Waals surface area contributed by atoms with Crippen LogP contribution in [0.2, 0.25) is 0 Å². The highest BCUT2D eigenvalue weighted by Crippen LogP contribution is 2.47. The van der Waals surface area contributed by atoms with Crippen molar-refractivity contribution in [2.45, 2.75) is 13.8 Å². The smallest absolute Gasteiger partial charge is 0.0782 e. The van der Waals surface area contributed by atoms with E-state index in [-0.39, 0.29) is 0 Å². The molecule has 60 heavy (non-hydrogen) atoms. The molecule has 0 saturated heterocycles. The van der Waals surface area contributed by atoms with Gasteiger partial charge in [0.05, 0.1) is 22.2 Å². The molecule has 0 spiro atoms. The first kappa shape index (κ1) is 35.0. The molecule has 284 valence electrons. The lowest BCUT2D eigenvalue weighted by Crippen LogP contribution is -2.11. The number of hydrogen-bond donors (Lipinski definition) is 0. The standard InChI is InChI=1S/C54H32N2S2.C2H6/c1-4-17-46-39(10-1)41-14-7-15-42-43-16-8-18-47(54(43)56(46)53(41)42)55(36-27-22-33(23-28-36)35-26-31-50-45(32-35)40-11-2-5-19-48(40)57-50)37-29-24-34(25-30-37)38-13-9-21-51-52(38)44-12-3-6-20-49(44)58-51;1-2/h1-32H;1-2H3. The van der Waals surface area contributed by atoms with E-state index < -0.39 is 0 Å². The fraction of sp³-hybridized carbons (Fsp3) is 0.0357. The Kier molecular flexibility index (Phi) is 8.06. The molecule has 0 amide bonds. The molecule has 0 aliphatic carbocycles. The van der Waals surface area contributed by atoms with Crippen LogP contribution in [-0.4, -0.2) is 4.40 Å². The maximum atomic E-state index is 2.50. The summed E-state index contributed by atoms with van der Waals surface area (Å²) in [6.07, 6.45) is 0. The third-order valence-corrected chi connectivity index (χ3v) is 14.4. The van der Waals surface area contributed by atoms with Crippen molar-refractivity contribution in [3.63, 3.8) is 0 Å². The minimum Gasteiger partial charge on any atom is -0.308 e. The van der Waals surface area contributed by atoms with Gasteiger partial charge in [-0.25, -0.2) is 0 Å². The first-order chi connectivity index (χ1) is 29.8. The van der Waals surface area contributed by atoms with Crippen molar-refractivity contribution in [1.82, 2.24) is 4.40 Å². The second-order valence-corrected chi connectivity index (χ2v) is 17.4.